The van der Waals surface area contributed by atoms with Crippen LogP contribution in [0, 0.1) is 12.7 Å². The minimum atomic E-state index is -3.53. The Hall–Kier alpha value is -3.63. The maximum atomic E-state index is 13.4. The number of benzene rings is 2. The Balaban J connectivity index is 1.62. The molecule has 0 aliphatic carbocycles. The van der Waals surface area contributed by atoms with Crippen molar-refractivity contribution in [2.75, 3.05) is 0 Å². The van der Waals surface area contributed by atoms with E-state index in [0.717, 1.165) is 0 Å². The van der Waals surface area contributed by atoms with E-state index in [4.69, 9.17) is 4.52 Å². The van der Waals surface area contributed by atoms with E-state index in [0.29, 0.717) is 39.0 Å². The first-order chi connectivity index (χ1) is 16.6. The Kier molecular flexibility index (Phi) is 6.95. The van der Waals surface area contributed by atoms with Crippen LogP contribution in [0.25, 0.3) is 22.4 Å². The predicted octanol–water partition coefficient (Wildman–Crippen LogP) is 4.10. The second-order valence-electron chi connectivity index (χ2n) is 8.49. The highest BCUT2D eigenvalue weighted by molar-refractivity contribution is 7.88. The molecule has 0 aliphatic heterocycles. The summed E-state index contributed by atoms with van der Waals surface area (Å²) in [6.07, 6.45) is 0. The Morgan fingerprint density at radius 1 is 1.09 bits per heavy atom. The van der Waals surface area contributed by atoms with Crippen molar-refractivity contribution in [2.24, 2.45) is 0 Å². The number of carbonyl (C=O) groups is 1. The molecular weight excluding hydrogens is 471 g/mol. The van der Waals surface area contributed by atoms with Gasteiger partial charge in [-0.15, -0.1) is 0 Å². The Morgan fingerprint density at radius 2 is 1.77 bits per heavy atom. The van der Waals surface area contributed by atoms with Gasteiger partial charge in [0, 0.05) is 18.2 Å². The molecular formula is C25H25FN4O4S. The molecule has 0 unspecified atom stereocenters. The SMILES string of the molecule is Cc1noc2nc(-c3ccc(F)cc3)cc(C(=O)NCc3ccccc3CS(=O)(=O)NC(C)C)c12. The van der Waals surface area contributed by atoms with Gasteiger partial charge in [-0.05, 0) is 62.2 Å². The maximum absolute atomic E-state index is 13.4. The van der Waals surface area contributed by atoms with E-state index < -0.39 is 15.9 Å². The van der Waals surface area contributed by atoms with Crippen LogP contribution in [0.4, 0.5) is 4.39 Å². The third-order valence-electron chi connectivity index (χ3n) is 5.32. The molecule has 2 aromatic carbocycles. The predicted molar refractivity (Wildman–Crippen MR) is 130 cm³/mol. The zero-order valence-electron chi connectivity index (χ0n) is 19.5. The standard InChI is InChI=1S/C25H25FN4O4S/c1-15(2)30-35(32,33)14-19-7-5-4-6-18(19)13-27-24(31)21-12-22(17-8-10-20(26)11-9-17)28-25-23(21)16(3)29-34-25/h4-12,15,30H,13-14H2,1-3H3,(H,27,31). The van der Waals surface area contributed by atoms with E-state index in [1.165, 1.54) is 12.1 Å². The van der Waals surface area contributed by atoms with Crippen molar-refractivity contribution < 1.29 is 22.1 Å². The molecule has 2 N–H and O–H groups in total. The van der Waals surface area contributed by atoms with Gasteiger partial charge in [0.05, 0.1) is 28.1 Å². The van der Waals surface area contributed by atoms with Gasteiger partial charge in [0.25, 0.3) is 11.6 Å². The smallest absolute Gasteiger partial charge is 0.259 e. The fraction of sp³-hybridized carbons (Fsp3) is 0.240. The minimum Gasteiger partial charge on any atom is -0.348 e. The summed E-state index contributed by atoms with van der Waals surface area (Å²) in [6, 6.07) is 14.2. The van der Waals surface area contributed by atoms with Crippen LogP contribution in [0.3, 0.4) is 0 Å². The molecule has 1 amide bonds. The number of carbonyl (C=O) groups excluding carboxylic acids is 1. The van der Waals surface area contributed by atoms with E-state index in [1.54, 1.807) is 63.2 Å². The number of aromatic nitrogens is 2. The van der Waals surface area contributed by atoms with Gasteiger partial charge in [-0.2, -0.15) is 0 Å². The van der Waals surface area contributed by atoms with Gasteiger partial charge in [-0.25, -0.2) is 22.5 Å². The minimum absolute atomic E-state index is 0.117. The molecule has 10 heteroatoms. The highest BCUT2D eigenvalue weighted by Gasteiger charge is 2.20. The van der Waals surface area contributed by atoms with Crippen LogP contribution in [-0.4, -0.2) is 30.5 Å². The molecule has 8 nitrogen and oxygen atoms in total. The lowest BCUT2D eigenvalue weighted by atomic mass is 10.0. The van der Waals surface area contributed by atoms with E-state index in [-0.39, 0.29) is 29.9 Å². The lowest BCUT2D eigenvalue weighted by Gasteiger charge is -2.14. The second-order valence-corrected chi connectivity index (χ2v) is 10.2. The van der Waals surface area contributed by atoms with E-state index in [9.17, 15) is 17.6 Å². The van der Waals surface area contributed by atoms with Gasteiger partial charge in [0.2, 0.25) is 10.0 Å². The lowest BCUT2D eigenvalue weighted by Crippen LogP contribution is -2.32. The molecule has 0 saturated heterocycles. The van der Waals surface area contributed by atoms with Crippen molar-refractivity contribution in [3.63, 3.8) is 0 Å². The van der Waals surface area contributed by atoms with Gasteiger partial charge >= 0.3 is 0 Å². The zero-order chi connectivity index (χ0) is 25.2. The van der Waals surface area contributed by atoms with Crippen molar-refractivity contribution in [3.05, 3.63) is 82.8 Å². The summed E-state index contributed by atoms with van der Waals surface area (Å²) in [6.45, 7) is 5.34. The molecule has 2 heterocycles. The van der Waals surface area contributed by atoms with E-state index in [1.807, 2.05) is 0 Å². The molecule has 4 rings (SSSR count). The van der Waals surface area contributed by atoms with Crippen molar-refractivity contribution in [1.82, 2.24) is 20.2 Å². The molecule has 0 spiro atoms. The van der Waals surface area contributed by atoms with Gasteiger partial charge in [0.15, 0.2) is 0 Å². The summed E-state index contributed by atoms with van der Waals surface area (Å²) in [4.78, 5) is 17.7. The number of aryl methyl sites for hydroxylation is 1. The van der Waals surface area contributed by atoms with Gasteiger partial charge in [-0.1, -0.05) is 29.4 Å². The average Bonchev–Trinajstić information content (AvgIpc) is 3.17. The molecule has 0 fully saturated rings. The number of hydrogen-bond donors (Lipinski definition) is 2. The molecule has 4 aromatic rings. The van der Waals surface area contributed by atoms with Crippen molar-refractivity contribution in [3.8, 4) is 11.3 Å². The first kappa shape index (κ1) is 24.5. The third-order valence-corrected chi connectivity index (χ3v) is 6.84. The number of nitrogens with zero attached hydrogens (tertiary/aromatic N) is 2. The summed E-state index contributed by atoms with van der Waals surface area (Å²) in [7, 11) is -3.53. The quantitative estimate of drug-likeness (QED) is 0.380. The van der Waals surface area contributed by atoms with E-state index >= 15 is 0 Å². The summed E-state index contributed by atoms with van der Waals surface area (Å²) in [5.41, 5.74) is 3.33. The topological polar surface area (TPSA) is 114 Å². The number of sulfonamides is 1. The highest BCUT2D eigenvalue weighted by Crippen LogP contribution is 2.27. The van der Waals surface area contributed by atoms with Crippen LogP contribution >= 0.6 is 0 Å². The van der Waals surface area contributed by atoms with Crippen molar-refractivity contribution >= 4 is 27.0 Å². The molecule has 0 radical (unpaired) electrons. The number of pyridine rings is 1. The fourth-order valence-electron chi connectivity index (χ4n) is 3.79. The van der Waals surface area contributed by atoms with Crippen LogP contribution in [0.5, 0.6) is 0 Å². The lowest BCUT2D eigenvalue weighted by molar-refractivity contribution is 0.0952. The highest BCUT2D eigenvalue weighted by atomic mass is 32.2. The molecule has 0 bridgehead atoms. The second kappa shape index (κ2) is 9.93. The van der Waals surface area contributed by atoms with Crippen LogP contribution in [0.1, 0.15) is 41.0 Å². The molecule has 35 heavy (non-hydrogen) atoms. The van der Waals surface area contributed by atoms with E-state index in [2.05, 4.69) is 20.2 Å². The first-order valence-corrected chi connectivity index (χ1v) is 12.7. The Morgan fingerprint density at radius 3 is 2.46 bits per heavy atom. The summed E-state index contributed by atoms with van der Waals surface area (Å²) in [5.74, 6) is -0.978. The number of rotatable bonds is 8. The zero-order valence-corrected chi connectivity index (χ0v) is 20.3. The van der Waals surface area contributed by atoms with Gasteiger partial charge in [-0.3, -0.25) is 4.79 Å². The van der Waals surface area contributed by atoms with Crippen LogP contribution in [0.2, 0.25) is 0 Å². The fourth-order valence-corrected chi connectivity index (χ4v) is 5.28. The summed E-state index contributed by atoms with van der Waals surface area (Å²) in [5, 5.41) is 7.28. The van der Waals surface area contributed by atoms with Crippen LogP contribution in [0.15, 0.2) is 59.1 Å². The normalized spacial score (nSPS) is 11.8. The first-order valence-electron chi connectivity index (χ1n) is 11.0. The van der Waals surface area contributed by atoms with Gasteiger partial charge < -0.3 is 9.84 Å². The maximum Gasteiger partial charge on any atom is 0.259 e. The average molecular weight is 497 g/mol. The number of halogens is 1. The van der Waals surface area contributed by atoms with Crippen molar-refractivity contribution in [2.45, 2.75) is 39.1 Å². The number of nitrogens with one attached hydrogen (secondary N) is 2. The molecule has 0 atom stereocenters. The number of amides is 1. The molecule has 182 valence electrons. The Labute approximate surface area is 202 Å². The number of hydrogen-bond acceptors (Lipinski definition) is 6. The Bertz CT molecular complexity index is 1480. The van der Waals surface area contributed by atoms with Crippen LogP contribution in [-0.2, 0) is 22.3 Å². The third kappa shape index (κ3) is 5.72. The largest absolute Gasteiger partial charge is 0.348 e. The van der Waals surface area contributed by atoms with Gasteiger partial charge in [0.1, 0.15) is 5.82 Å². The van der Waals surface area contributed by atoms with Crippen LogP contribution < -0.4 is 10.0 Å². The monoisotopic (exact) mass is 496 g/mol. The van der Waals surface area contributed by atoms with Crippen molar-refractivity contribution in [1.29, 1.82) is 0 Å². The molecule has 2 aromatic heterocycles. The molecule has 0 saturated carbocycles. The number of fused-ring (bicyclic) bond motifs is 1. The summed E-state index contributed by atoms with van der Waals surface area (Å²) >= 11 is 0. The summed E-state index contributed by atoms with van der Waals surface area (Å²) < 4.78 is 46.1. The molecule has 0 aliphatic rings.